The molecule has 0 amide bonds. The molecule has 2 heteroatoms. The largest absolute Gasteiger partial charge is 0.353 e. The van der Waals surface area contributed by atoms with Crippen molar-refractivity contribution < 1.29 is 9.47 Å². The molecule has 0 saturated carbocycles. The maximum atomic E-state index is 5.92. The summed E-state index contributed by atoms with van der Waals surface area (Å²) in [5, 5.41) is 0. The molecule has 0 aliphatic carbocycles. The summed E-state index contributed by atoms with van der Waals surface area (Å²) in [7, 11) is 0. The number of hydrogen-bond donors (Lipinski definition) is 0. The van der Waals surface area contributed by atoms with E-state index < -0.39 is 0 Å². The molecule has 1 saturated heterocycles. The quantitative estimate of drug-likeness (QED) is 0.461. The molecule has 1 heterocycles. The number of unbranched alkanes of at least 4 members (excludes halogenated alkanes) is 2. The van der Waals surface area contributed by atoms with E-state index in [0.29, 0.717) is 12.0 Å². The summed E-state index contributed by atoms with van der Waals surface area (Å²) in [6, 6.07) is 0. The Morgan fingerprint density at radius 3 is 2.69 bits per heavy atom. The molecule has 1 aliphatic rings. The summed E-state index contributed by atoms with van der Waals surface area (Å²) in [5.41, 5.74) is 0. The Labute approximate surface area is 100 Å². The minimum absolute atomic E-state index is 0.0106. The minimum Gasteiger partial charge on any atom is -0.353 e. The van der Waals surface area contributed by atoms with E-state index in [1.807, 2.05) is 6.08 Å². The summed E-state index contributed by atoms with van der Waals surface area (Å²) in [4.78, 5) is 0. The number of ether oxygens (including phenoxy) is 2. The fraction of sp³-hybridized carbons (Fsp3) is 0.857. The molecule has 16 heavy (non-hydrogen) atoms. The molecule has 94 valence electrons. The standard InChI is InChI=1S/C14H26O2/c1-4-7-9-13-12(6-3)11-14(16-13)15-10-8-5-2/h6,12-14H,3-5,7-11H2,1-2H3/t12-,13+,14?/m0/s1. The minimum atomic E-state index is 0.0106. The summed E-state index contributed by atoms with van der Waals surface area (Å²) < 4.78 is 11.6. The molecule has 3 atom stereocenters. The third-order valence-corrected chi connectivity index (χ3v) is 3.22. The highest BCUT2D eigenvalue weighted by Gasteiger charge is 2.33. The van der Waals surface area contributed by atoms with Crippen molar-refractivity contribution in [3.8, 4) is 0 Å². The van der Waals surface area contributed by atoms with Crippen LogP contribution in [0.25, 0.3) is 0 Å². The Morgan fingerprint density at radius 1 is 1.31 bits per heavy atom. The molecule has 1 unspecified atom stereocenters. The predicted molar refractivity (Wildman–Crippen MR) is 67.4 cm³/mol. The van der Waals surface area contributed by atoms with Crippen LogP contribution in [0.2, 0.25) is 0 Å². The molecule has 0 N–H and O–H groups in total. The number of rotatable bonds is 8. The number of hydrogen-bond acceptors (Lipinski definition) is 2. The topological polar surface area (TPSA) is 18.5 Å². The fourth-order valence-corrected chi connectivity index (χ4v) is 2.13. The van der Waals surface area contributed by atoms with Gasteiger partial charge >= 0.3 is 0 Å². The maximum absolute atomic E-state index is 5.92. The highest BCUT2D eigenvalue weighted by Crippen LogP contribution is 2.31. The van der Waals surface area contributed by atoms with Crippen molar-refractivity contribution in [3.05, 3.63) is 12.7 Å². The molecule has 0 spiro atoms. The highest BCUT2D eigenvalue weighted by molar-refractivity contribution is 4.90. The van der Waals surface area contributed by atoms with Gasteiger partial charge < -0.3 is 9.47 Å². The first-order valence-electron chi connectivity index (χ1n) is 6.71. The van der Waals surface area contributed by atoms with E-state index in [-0.39, 0.29) is 6.29 Å². The van der Waals surface area contributed by atoms with Crippen LogP contribution >= 0.6 is 0 Å². The van der Waals surface area contributed by atoms with E-state index in [4.69, 9.17) is 9.47 Å². The lowest BCUT2D eigenvalue weighted by molar-refractivity contribution is -0.135. The van der Waals surface area contributed by atoms with Gasteiger partial charge in [-0.3, -0.25) is 0 Å². The molecule has 0 bridgehead atoms. The van der Waals surface area contributed by atoms with Gasteiger partial charge in [-0.05, 0) is 12.8 Å². The molecule has 0 aromatic rings. The van der Waals surface area contributed by atoms with Gasteiger partial charge in [0, 0.05) is 18.9 Å². The van der Waals surface area contributed by atoms with Crippen molar-refractivity contribution in [1.29, 1.82) is 0 Å². The molecule has 0 aromatic heterocycles. The summed E-state index contributed by atoms with van der Waals surface area (Å²) in [6.45, 7) is 9.11. The molecular formula is C14H26O2. The van der Waals surface area contributed by atoms with Crippen molar-refractivity contribution >= 4 is 0 Å². The lowest BCUT2D eigenvalue weighted by atomic mass is 9.97. The molecule has 0 radical (unpaired) electrons. The van der Waals surface area contributed by atoms with E-state index in [9.17, 15) is 0 Å². The van der Waals surface area contributed by atoms with Crippen LogP contribution in [0.4, 0.5) is 0 Å². The normalized spacial score (nSPS) is 29.5. The SMILES string of the molecule is C=C[C@H]1CC(OCCCC)O[C@@H]1CCCC. The van der Waals surface area contributed by atoms with E-state index in [0.717, 1.165) is 25.9 Å². The second-order valence-electron chi connectivity index (χ2n) is 4.61. The van der Waals surface area contributed by atoms with E-state index in [1.54, 1.807) is 0 Å². The van der Waals surface area contributed by atoms with Crippen LogP contribution in [0.1, 0.15) is 52.4 Å². The first-order chi connectivity index (χ1) is 7.81. The van der Waals surface area contributed by atoms with Crippen LogP contribution in [0.5, 0.6) is 0 Å². The summed E-state index contributed by atoms with van der Waals surface area (Å²) in [5.74, 6) is 0.484. The zero-order chi connectivity index (χ0) is 11.8. The van der Waals surface area contributed by atoms with Crippen molar-refractivity contribution in [1.82, 2.24) is 0 Å². The molecule has 1 rings (SSSR count). The summed E-state index contributed by atoms with van der Waals surface area (Å²) in [6.07, 6.45) is 9.27. The third-order valence-electron chi connectivity index (χ3n) is 3.22. The van der Waals surface area contributed by atoms with Crippen molar-refractivity contribution in [2.45, 2.75) is 64.8 Å². The second-order valence-corrected chi connectivity index (χ2v) is 4.61. The van der Waals surface area contributed by atoms with Crippen molar-refractivity contribution in [2.24, 2.45) is 5.92 Å². The molecule has 0 aromatic carbocycles. The first kappa shape index (κ1) is 13.7. The van der Waals surface area contributed by atoms with Gasteiger partial charge in [-0.1, -0.05) is 39.2 Å². The van der Waals surface area contributed by atoms with Gasteiger partial charge in [0.25, 0.3) is 0 Å². The van der Waals surface area contributed by atoms with Crippen LogP contribution in [0.3, 0.4) is 0 Å². The molecule has 1 aliphatic heterocycles. The van der Waals surface area contributed by atoms with Gasteiger partial charge in [0.2, 0.25) is 0 Å². The molecule has 1 fully saturated rings. The van der Waals surface area contributed by atoms with E-state index in [2.05, 4.69) is 20.4 Å². The zero-order valence-electron chi connectivity index (χ0n) is 10.8. The average molecular weight is 226 g/mol. The highest BCUT2D eigenvalue weighted by atomic mass is 16.7. The fourth-order valence-electron chi connectivity index (χ4n) is 2.13. The van der Waals surface area contributed by atoms with Crippen LogP contribution in [-0.4, -0.2) is 19.0 Å². The van der Waals surface area contributed by atoms with Gasteiger partial charge in [0.1, 0.15) is 0 Å². The zero-order valence-corrected chi connectivity index (χ0v) is 10.8. The van der Waals surface area contributed by atoms with Gasteiger partial charge in [-0.25, -0.2) is 0 Å². The van der Waals surface area contributed by atoms with Crippen LogP contribution in [-0.2, 0) is 9.47 Å². The Hall–Kier alpha value is -0.340. The van der Waals surface area contributed by atoms with Crippen LogP contribution < -0.4 is 0 Å². The van der Waals surface area contributed by atoms with Gasteiger partial charge in [0.05, 0.1) is 6.10 Å². The Balaban J connectivity index is 2.28. The van der Waals surface area contributed by atoms with Crippen molar-refractivity contribution in [3.63, 3.8) is 0 Å². The van der Waals surface area contributed by atoms with Gasteiger partial charge in [-0.2, -0.15) is 0 Å². The lowest BCUT2D eigenvalue weighted by Crippen LogP contribution is -2.16. The Morgan fingerprint density at radius 2 is 2.06 bits per heavy atom. The molecular weight excluding hydrogens is 200 g/mol. The van der Waals surface area contributed by atoms with E-state index >= 15 is 0 Å². The van der Waals surface area contributed by atoms with E-state index in [1.165, 1.54) is 19.3 Å². The van der Waals surface area contributed by atoms with Gasteiger partial charge in [0.15, 0.2) is 6.29 Å². The predicted octanol–water partition coefficient (Wildman–Crippen LogP) is 3.91. The Bertz CT molecular complexity index is 191. The second kappa shape index (κ2) is 7.86. The van der Waals surface area contributed by atoms with Gasteiger partial charge in [-0.15, -0.1) is 6.58 Å². The monoisotopic (exact) mass is 226 g/mol. The first-order valence-corrected chi connectivity index (χ1v) is 6.71. The maximum Gasteiger partial charge on any atom is 0.158 e. The lowest BCUT2D eigenvalue weighted by Gasteiger charge is -2.15. The average Bonchev–Trinajstić information content (AvgIpc) is 2.69. The summed E-state index contributed by atoms with van der Waals surface area (Å²) >= 11 is 0. The smallest absolute Gasteiger partial charge is 0.158 e. The van der Waals surface area contributed by atoms with Crippen LogP contribution in [0.15, 0.2) is 12.7 Å². The third kappa shape index (κ3) is 4.26. The molecule has 2 nitrogen and oxygen atoms in total. The van der Waals surface area contributed by atoms with Crippen molar-refractivity contribution in [2.75, 3.05) is 6.61 Å². The van der Waals surface area contributed by atoms with Crippen LogP contribution in [0, 0.1) is 5.92 Å². The Kier molecular flexibility index (Phi) is 6.74.